The molecule has 0 spiro atoms. The first-order valence-electron chi connectivity index (χ1n) is 4.02. The average Bonchev–Trinajstić information content (AvgIpc) is 2.21. The van der Waals surface area contributed by atoms with Gasteiger partial charge in [0.1, 0.15) is 0 Å². The Kier molecular flexibility index (Phi) is 3.15. The molecule has 0 fully saturated rings. The molecule has 0 bridgehead atoms. The molecule has 0 unspecified atom stereocenters. The van der Waals surface area contributed by atoms with Crippen molar-refractivity contribution in [3.8, 4) is 0 Å². The predicted molar refractivity (Wildman–Crippen MR) is 56.3 cm³/mol. The second-order valence-corrected chi connectivity index (χ2v) is 2.73. The van der Waals surface area contributed by atoms with Gasteiger partial charge < -0.3 is 5.41 Å². The minimum atomic E-state index is 1.21. The molecule has 1 aromatic carbocycles. The fourth-order valence-corrected chi connectivity index (χ4v) is 1.20. The summed E-state index contributed by atoms with van der Waals surface area (Å²) in [5, 5.41) is 7.97. The van der Waals surface area contributed by atoms with Gasteiger partial charge >= 0.3 is 0 Å². The standard InChI is InChI=1S/C10H9N.CH3N/c1-8-2-3-10-7-11-5-4-9(10)6-8;1-2/h2-7H,1H3;2H,1H2. The van der Waals surface area contributed by atoms with Crippen LogP contribution in [0.3, 0.4) is 0 Å². The van der Waals surface area contributed by atoms with Crippen LogP contribution in [-0.4, -0.2) is 11.7 Å². The van der Waals surface area contributed by atoms with Crippen LogP contribution in [0.1, 0.15) is 5.56 Å². The molecule has 1 N–H and O–H groups in total. The van der Waals surface area contributed by atoms with Crippen molar-refractivity contribution in [3.63, 3.8) is 0 Å². The van der Waals surface area contributed by atoms with Crippen LogP contribution in [0.25, 0.3) is 10.8 Å². The topological polar surface area (TPSA) is 36.7 Å². The number of rotatable bonds is 0. The van der Waals surface area contributed by atoms with Gasteiger partial charge in [0, 0.05) is 17.8 Å². The fraction of sp³-hybridized carbons (Fsp3) is 0.0909. The Labute approximate surface area is 77.8 Å². The summed E-state index contributed by atoms with van der Waals surface area (Å²) in [6.07, 6.45) is 3.70. The predicted octanol–water partition coefficient (Wildman–Crippen LogP) is 2.81. The van der Waals surface area contributed by atoms with E-state index < -0.39 is 0 Å². The molecule has 0 aliphatic rings. The second-order valence-electron chi connectivity index (χ2n) is 2.73. The lowest BCUT2D eigenvalue weighted by Crippen LogP contribution is -1.75. The van der Waals surface area contributed by atoms with Crippen LogP contribution in [-0.2, 0) is 0 Å². The van der Waals surface area contributed by atoms with Crippen LogP contribution in [0.5, 0.6) is 0 Å². The molecule has 1 heterocycles. The molecule has 13 heavy (non-hydrogen) atoms. The molecule has 2 aromatic rings. The molecule has 2 heteroatoms. The molecule has 0 aliphatic heterocycles. The molecular formula is C11H12N2. The number of benzene rings is 1. The Bertz CT molecular complexity index is 396. The van der Waals surface area contributed by atoms with Crippen LogP contribution >= 0.6 is 0 Å². The van der Waals surface area contributed by atoms with Gasteiger partial charge in [-0.15, -0.1) is 0 Å². The largest absolute Gasteiger partial charge is 0.317 e. The summed E-state index contributed by atoms with van der Waals surface area (Å²) in [5.74, 6) is 0. The van der Waals surface area contributed by atoms with Gasteiger partial charge in [-0.1, -0.05) is 23.8 Å². The van der Waals surface area contributed by atoms with Gasteiger partial charge in [-0.2, -0.15) is 0 Å². The lowest BCUT2D eigenvalue weighted by molar-refractivity contribution is 1.36. The number of aryl methyl sites for hydroxylation is 1. The van der Waals surface area contributed by atoms with E-state index in [1.165, 1.54) is 16.3 Å². The molecule has 0 saturated heterocycles. The molecule has 2 rings (SSSR count). The van der Waals surface area contributed by atoms with E-state index in [0.717, 1.165) is 0 Å². The van der Waals surface area contributed by atoms with Crippen molar-refractivity contribution in [1.29, 1.82) is 5.41 Å². The smallest absolute Gasteiger partial charge is 0.0346 e. The SMILES string of the molecule is C=N.Cc1ccc2cnccc2c1. The van der Waals surface area contributed by atoms with E-state index in [2.05, 4.69) is 36.8 Å². The zero-order chi connectivity index (χ0) is 9.68. The van der Waals surface area contributed by atoms with E-state index in [9.17, 15) is 0 Å². The number of hydrogen-bond donors (Lipinski definition) is 1. The Morgan fingerprint density at radius 3 is 2.69 bits per heavy atom. The van der Waals surface area contributed by atoms with E-state index in [1.54, 1.807) is 0 Å². The van der Waals surface area contributed by atoms with Crippen molar-refractivity contribution in [3.05, 3.63) is 42.2 Å². The summed E-state index contributed by atoms with van der Waals surface area (Å²) in [6, 6.07) is 8.39. The number of pyridine rings is 1. The molecule has 66 valence electrons. The van der Waals surface area contributed by atoms with Crippen LogP contribution in [0.4, 0.5) is 0 Å². The first kappa shape index (κ1) is 9.39. The highest BCUT2D eigenvalue weighted by Gasteiger charge is 1.90. The maximum atomic E-state index is 5.50. The molecular weight excluding hydrogens is 160 g/mol. The van der Waals surface area contributed by atoms with Crippen LogP contribution in [0, 0.1) is 12.3 Å². The minimum absolute atomic E-state index is 1.21. The molecule has 0 atom stereocenters. The Balaban J connectivity index is 0.000000396. The van der Waals surface area contributed by atoms with Crippen LogP contribution < -0.4 is 0 Å². The first-order chi connectivity index (χ1) is 6.36. The first-order valence-corrected chi connectivity index (χ1v) is 4.02. The van der Waals surface area contributed by atoms with Gasteiger partial charge in [-0.25, -0.2) is 0 Å². The minimum Gasteiger partial charge on any atom is -0.317 e. The lowest BCUT2D eigenvalue weighted by Gasteiger charge is -1.96. The van der Waals surface area contributed by atoms with E-state index in [-0.39, 0.29) is 0 Å². The monoisotopic (exact) mass is 172 g/mol. The maximum Gasteiger partial charge on any atom is 0.0346 e. The number of aromatic nitrogens is 1. The van der Waals surface area contributed by atoms with Crippen LogP contribution in [0.15, 0.2) is 36.7 Å². The van der Waals surface area contributed by atoms with Crippen LogP contribution in [0.2, 0.25) is 0 Å². The molecule has 0 saturated carbocycles. The number of fused-ring (bicyclic) bond motifs is 1. The zero-order valence-corrected chi connectivity index (χ0v) is 7.62. The zero-order valence-electron chi connectivity index (χ0n) is 7.62. The Morgan fingerprint density at radius 1 is 1.15 bits per heavy atom. The highest BCUT2D eigenvalue weighted by molar-refractivity contribution is 5.81. The van der Waals surface area contributed by atoms with Crippen molar-refractivity contribution < 1.29 is 0 Å². The van der Waals surface area contributed by atoms with Gasteiger partial charge in [0.05, 0.1) is 0 Å². The van der Waals surface area contributed by atoms with E-state index >= 15 is 0 Å². The highest BCUT2D eigenvalue weighted by atomic mass is 14.6. The summed E-state index contributed by atoms with van der Waals surface area (Å²) in [6.45, 7) is 4.60. The van der Waals surface area contributed by atoms with E-state index in [1.807, 2.05) is 18.5 Å². The number of hydrogen-bond acceptors (Lipinski definition) is 2. The fourth-order valence-electron chi connectivity index (χ4n) is 1.20. The van der Waals surface area contributed by atoms with Crippen molar-refractivity contribution in [2.45, 2.75) is 6.92 Å². The van der Waals surface area contributed by atoms with Crippen molar-refractivity contribution >= 4 is 17.5 Å². The Morgan fingerprint density at radius 2 is 1.92 bits per heavy atom. The quantitative estimate of drug-likeness (QED) is 0.609. The summed E-state index contributed by atoms with van der Waals surface area (Å²) in [4.78, 5) is 4.04. The molecule has 2 nitrogen and oxygen atoms in total. The van der Waals surface area contributed by atoms with E-state index in [4.69, 9.17) is 5.41 Å². The van der Waals surface area contributed by atoms with Crippen molar-refractivity contribution in [2.24, 2.45) is 0 Å². The third-order valence-electron chi connectivity index (χ3n) is 1.80. The molecule has 0 radical (unpaired) electrons. The van der Waals surface area contributed by atoms with E-state index in [0.29, 0.717) is 0 Å². The third-order valence-corrected chi connectivity index (χ3v) is 1.80. The normalized spacial score (nSPS) is 9.00. The van der Waals surface area contributed by atoms with Gasteiger partial charge in [0.25, 0.3) is 0 Å². The molecule has 1 aromatic heterocycles. The summed E-state index contributed by atoms with van der Waals surface area (Å²) >= 11 is 0. The van der Waals surface area contributed by atoms with Gasteiger partial charge in [0.2, 0.25) is 0 Å². The summed E-state index contributed by atoms with van der Waals surface area (Å²) in [7, 11) is 0. The summed E-state index contributed by atoms with van der Waals surface area (Å²) < 4.78 is 0. The summed E-state index contributed by atoms with van der Waals surface area (Å²) in [5.41, 5.74) is 1.30. The van der Waals surface area contributed by atoms with Crippen molar-refractivity contribution in [2.75, 3.05) is 0 Å². The van der Waals surface area contributed by atoms with Gasteiger partial charge in [-0.3, -0.25) is 4.98 Å². The third kappa shape index (κ3) is 2.12. The number of nitrogens with one attached hydrogen (secondary N) is 1. The molecule has 0 aliphatic carbocycles. The highest BCUT2D eigenvalue weighted by Crippen LogP contribution is 2.12. The van der Waals surface area contributed by atoms with Gasteiger partial charge in [0.15, 0.2) is 0 Å². The van der Waals surface area contributed by atoms with Crippen molar-refractivity contribution in [1.82, 2.24) is 4.98 Å². The molecule has 0 amide bonds. The Hall–Kier alpha value is -1.70. The maximum absolute atomic E-state index is 5.50. The van der Waals surface area contributed by atoms with Gasteiger partial charge in [-0.05, 0) is 25.1 Å². The number of nitrogens with zero attached hydrogens (tertiary/aromatic N) is 1. The second kappa shape index (κ2) is 4.36. The average molecular weight is 172 g/mol. The lowest BCUT2D eigenvalue weighted by atomic mass is 10.1.